The van der Waals surface area contributed by atoms with E-state index in [1.807, 2.05) is 31.3 Å². The number of nitrogens with one attached hydrogen (secondary N) is 1. The predicted octanol–water partition coefficient (Wildman–Crippen LogP) is 3.91. The van der Waals surface area contributed by atoms with E-state index in [1.54, 1.807) is 18.4 Å². The van der Waals surface area contributed by atoms with E-state index < -0.39 is 0 Å². The van der Waals surface area contributed by atoms with E-state index in [4.69, 9.17) is 16.3 Å². The van der Waals surface area contributed by atoms with Gasteiger partial charge in [0.1, 0.15) is 5.75 Å². The van der Waals surface area contributed by atoms with Crippen molar-refractivity contribution in [3.63, 3.8) is 0 Å². The third-order valence-corrected chi connectivity index (χ3v) is 4.15. The molecule has 2 aromatic rings. The number of rotatable bonds is 5. The highest BCUT2D eigenvalue weighted by atomic mass is 35.5. The Hall–Kier alpha value is -1.03. The first-order valence-electron chi connectivity index (χ1n) is 5.79. The molecule has 1 aromatic heterocycles. The summed E-state index contributed by atoms with van der Waals surface area (Å²) in [6.45, 7) is 0. The molecule has 0 aliphatic carbocycles. The fourth-order valence-corrected chi connectivity index (χ4v) is 3.12. The Balaban J connectivity index is 2.22. The summed E-state index contributed by atoms with van der Waals surface area (Å²) < 4.78 is 6.24. The molecular formula is C14H16ClNOS. The average molecular weight is 282 g/mol. The number of likely N-dealkylation sites (N-methyl/N-ethyl adjacent to an activating group) is 1. The van der Waals surface area contributed by atoms with Crippen LogP contribution in [0, 0.1) is 0 Å². The van der Waals surface area contributed by atoms with Crippen molar-refractivity contribution in [3.05, 3.63) is 51.2 Å². The van der Waals surface area contributed by atoms with Gasteiger partial charge in [0.25, 0.3) is 0 Å². The molecule has 1 N–H and O–H groups in total. The monoisotopic (exact) mass is 281 g/mol. The van der Waals surface area contributed by atoms with Gasteiger partial charge in [-0.1, -0.05) is 29.8 Å². The standard InChI is InChI=1S/C14H16ClNOS/c1-16-12(9-10-7-8-14(15)18-10)11-5-3-4-6-13(11)17-2/h3-8,12,16H,9H2,1-2H3. The van der Waals surface area contributed by atoms with Crippen LogP contribution < -0.4 is 10.1 Å². The van der Waals surface area contributed by atoms with Crippen LogP contribution in [0.25, 0.3) is 0 Å². The number of thiophene rings is 1. The lowest BCUT2D eigenvalue weighted by Crippen LogP contribution is -2.19. The summed E-state index contributed by atoms with van der Waals surface area (Å²) in [5, 5.41) is 3.33. The van der Waals surface area contributed by atoms with Gasteiger partial charge in [-0.3, -0.25) is 0 Å². The SMILES string of the molecule is CNC(Cc1ccc(Cl)s1)c1ccccc1OC. The minimum atomic E-state index is 0.232. The number of hydrogen-bond donors (Lipinski definition) is 1. The van der Waals surface area contributed by atoms with Gasteiger partial charge in [-0.05, 0) is 25.2 Å². The van der Waals surface area contributed by atoms with E-state index >= 15 is 0 Å². The Bertz CT molecular complexity index is 512. The first-order chi connectivity index (χ1) is 8.74. The minimum Gasteiger partial charge on any atom is -0.496 e. The topological polar surface area (TPSA) is 21.3 Å². The smallest absolute Gasteiger partial charge is 0.123 e. The van der Waals surface area contributed by atoms with Crippen LogP contribution in [0.15, 0.2) is 36.4 Å². The van der Waals surface area contributed by atoms with Crippen LogP contribution in [0.3, 0.4) is 0 Å². The van der Waals surface area contributed by atoms with Gasteiger partial charge in [-0.15, -0.1) is 11.3 Å². The van der Waals surface area contributed by atoms with Crippen LogP contribution in [-0.2, 0) is 6.42 Å². The lowest BCUT2D eigenvalue weighted by Gasteiger charge is -2.18. The highest BCUT2D eigenvalue weighted by molar-refractivity contribution is 7.16. The molecule has 2 nitrogen and oxygen atoms in total. The van der Waals surface area contributed by atoms with Crippen molar-refractivity contribution in [2.75, 3.05) is 14.2 Å². The number of halogens is 1. The molecular weight excluding hydrogens is 266 g/mol. The maximum Gasteiger partial charge on any atom is 0.123 e. The number of methoxy groups -OCH3 is 1. The molecule has 0 saturated heterocycles. The Kier molecular flexibility index (Phi) is 4.64. The van der Waals surface area contributed by atoms with Crippen molar-refractivity contribution in [2.24, 2.45) is 0 Å². The lowest BCUT2D eigenvalue weighted by atomic mass is 10.0. The van der Waals surface area contributed by atoms with Gasteiger partial charge in [-0.2, -0.15) is 0 Å². The molecule has 1 heterocycles. The zero-order valence-electron chi connectivity index (χ0n) is 10.4. The molecule has 4 heteroatoms. The second-order valence-corrected chi connectivity index (χ2v) is 5.79. The molecule has 0 amide bonds. The summed E-state index contributed by atoms with van der Waals surface area (Å²) in [4.78, 5) is 1.27. The molecule has 0 spiro atoms. The van der Waals surface area contributed by atoms with Gasteiger partial charge in [0, 0.05) is 22.9 Å². The second kappa shape index (κ2) is 6.23. The number of hydrogen-bond acceptors (Lipinski definition) is 3. The van der Waals surface area contributed by atoms with Crippen molar-refractivity contribution in [2.45, 2.75) is 12.5 Å². The average Bonchev–Trinajstić information content (AvgIpc) is 2.81. The van der Waals surface area contributed by atoms with E-state index in [0.29, 0.717) is 0 Å². The molecule has 0 saturated carbocycles. The van der Waals surface area contributed by atoms with Gasteiger partial charge in [0.05, 0.1) is 11.4 Å². The number of ether oxygens (including phenoxy) is 1. The summed E-state index contributed by atoms with van der Waals surface area (Å²) in [5.41, 5.74) is 1.17. The zero-order chi connectivity index (χ0) is 13.0. The highest BCUT2D eigenvalue weighted by Gasteiger charge is 2.15. The van der Waals surface area contributed by atoms with Crippen LogP contribution in [0.1, 0.15) is 16.5 Å². The van der Waals surface area contributed by atoms with Crippen LogP contribution in [0.5, 0.6) is 5.75 Å². The molecule has 1 atom stereocenters. The maximum absolute atomic E-state index is 5.97. The van der Waals surface area contributed by atoms with Gasteiger partial charge in [-0.25, -0.2) is 0 Å². The van der Waals surface area contributed by atoms with Gasteiger partial charge in [0.2, 0.25) is 0 Å². The molecule has 96 valence electrons. The summed E-state index contributed by atoms with van der Waals surface area (Å²) in [7, 11) is 3.67. The quantitative estimate of drug-likeness (QED) is 0.897. The lowest BCUT2D eigenvalue weighted by molar-refractivity contribution is 0.401. The largest absolute Gasteiger partial charge is 0.496 e. The molecule has 0 radical (unpaired) electrons. The van der Waals surface area contributed by atoms with Crippen molar-refractivity contribution < 1.29 is 4.74 Å². The third-order valence-electron chi connectivity index (χ3n) is 2.90. The summed E-state index contributed by atoms with van der Waals surface area (Å²) in [6.07, 6.45) is 0.911. The highest BCUT2D eigenvalue weighted by Crippen LogP contribution is 2.30. The molecule has 2 rings (SSSR count). The molecule has 0 aliphatic heterocycles. The Morgan fingerprint density at radius 3 is 2.67 bits per heavy atom. The van der Waals surface area contributed by atoms with Crippen molar-refractivity contribution in [1.82, 2.24) is 5.32 Å². The molecule has 0 fully saturated rings. The fraction of sp³-hybridized carbons (Fsp3) is 0.286. The molecule has 0 aliphatic rings. The van der Waals surface area contributed by atoms with Crippen LogP contribution >= 0.6 is 22.9 Å². The van der Waals surface area contributed by atoms with Crippen molar-refractivity contribution in [1.29, 1.82) is 0 Å². The van der Waals surface area contributed by atoms with Gasteiger partial charge >= 0.3 is 0 Å². The Morgan fingerprint density at radius 2 is 2.06 bits per heavy atom. The number of benzene rings is 1. The van der Waals surface area contributed by atoms with Gasteiger partial charge < -0.3 is 10.1 Å². The van der Waals surface area contributed by atoms with Crippen LogP contribution in [-0.4, -0.2) is 14.2 Å². The fourth-order valence-electron chi connectivity index (χ4n) is 1.98. The zero-order valence-corrected chi connectivity index (χ0v) is 12.0. The molecule has 0 bridgehead atoms. The van der Waals surface area contributed by atoms with E-state index in [1.165, 1.54) is 10.4 Å². The molecule has 18 heavy (non-hydrogen) atoms. The van der Waals surface area contributed by atoms with Crippen molar-refractivity contribution in [3.8, 4) is 5.75 Å². The Labute approximate surface area is 117 Å². The maximum atomic E-state index is 5.97. The van der Waals surface area contributed by atoms with Crippen molar-refractivity contribution >= 4 is 22.9 Å². The summed E-state index contributed by atoms with van der Waals surface area (Å²) in [5.74, 6) is 0.916. The molecule has 1 unspecified atom stereocenters. The normalized spacial score (nSPS) is 12.4. The first-order valence-corrected chi connectivity index (χ1v) is 6.98. The van der Waals surface area contributed by atoms with Crippen LogP contribution in [0.4, 0.5) is 0 Å². The van der Waals surface area contributed by atoms with E-state index in [2.05, 4.69) is 17.4 Å². The van der Waals surface area contributed by atoms with E-state index in [0.717, 1.165) is 16.5 Å². The Morgan fingerprint density at radius 1 is 1.28 bits per heavy atom. The van der Waals surface area contributed by atoms with E-state index in [9.17, 15) is 0 Å². The van der Waals surface area contributed by atoms with E-state index in [-0.39, 0.29) is 6.04 Å². The first kappa shape index (κ1) is 13.4. The number of para-hydroxylation sites is 1. The molecule has 1 aromatic carbocycles. The predicted molar refractivity (Wildman–Crippen MR) is 77.8 cm³/mol. The summed E-state index contributed by atoms with van der Waals surface area (Å²) >= 11 is 7.59. The second-order valence-electron chi connectivity index (χ2n) is 3.99. The van der Waals surface area contributed by atoms with Gasteiger partial charge in [0.15, 0.2) is 0 Å². The minimum absolute atomic E-state index is 0.232. The third kappa shape index (κ3) is 3.05. The summed E-state index contributed by atoms with van der Waals surface area (Å²) in [6, 6.07) is 12.3. The van der Waals surface area contributed by atoms with Crippen LogP contribution in [0.2, 0.25) is 4.34 Å².